The molecule has 0 aliphatic carbocycles. The van der Waals surface area contributed by atoms with Crippen LogP contribution < -0.4 is 0 Å². The standard InChI is InChI=1S/C13H24N2O/c1-5-12-7-14(3)9-13(6-2,11(12)16)10-15(4)8-12/h5-10H2,1-4H3. The number of piperidine rings is 2. The molecule has 0 amide bonds. The van der Waals surface area contributed by atoms with Gasteiger partial charge in [-0.1, -0.05) is 13.8 Å². The van der Waals surface area contributed by atoms with Gasteiger partial charge in [-0.3, -0.25) is 4.79 Å². The lowest BCUT2D eigenvalue weighted by Crippen LogP contribution is -2.68. The second-order valence-electron chi connectivity index (χ2n) is 5.94. The average Bonchev–Trinajstić information content (AvgIpc) is 2.22. The largest absolute Gasteiger partial charge is 0.304 e. The summed E-state index contributed by atoms with van der Waals surface area (Å²) < 4.78 is 0. The minimum atomic E-state index is -0.101. The highest BCUT2D eigenvalue weighted by atomic mass is 16.1. The fourth-order valence-electron chi connectivity index (χ4n) is 3.90. The molecule has 0 unspecified atom stereocenters. The Kier molecular flexibility index (Phi) is 2.87. The van der Waals surface area contributed by atoms with Gasteiger partial charge in [0.05, 0.1) is 10.8 Å². The van der Waals surface area contributed by atoms with Gasteiger partial charge in [0.25, 0.3) is 0 Å². The second-order valence-corrected chi connectivity index (χ2v) is 5.94. The zero-order valence-electron chi connectivity index (χ0n) is 11.0. The SMILES string of the molecule is CCC12CN(C)CC(CC)(CN(C)C1)C2=O. The van der Waals surface area contributed by atoms with E-state index in [1.807, 2.05) is 0 Å². The molecule has 16 heavy (non-hydrogen) atoms. The Morgan fingerprint density at radius 3 is 1.50 bits per heavy atom. The van der Waals surface area contributed by atoms with Crippen LogP contribution in [0.2, 0.25) is 0 Å². The highest BCUT2D eigenvalue weighted by Crippen LogP contribution is 2.45. The molecule has 92 valence electrons. The molecule has 0 saturated carbocycles. The number of fused-ring (bicyclic) bond motifs is 2. The number of hydrogen-bond donors (Lipinski definition) is 0. The monoisotopic (exact) mass is 224 g/mol. The van der Waals surface area contributed by atoms with Crippen LogP contribution in [0.3, 0.4) is 0 Å². The Bertz CT molecular complexity index is 260. The first kappa shape index (κ1) is 12.1. The number of ketones is 1. The Hall–Kier alpha value is -0.410. The van der Waals surface area contributed by atoms with E-state index in [9.17, 15) is 4.79 Å². The van der Waals surface area contributed by atoms with Crippen molar-refractivity contribution in [2.24, 2.45) is 10.8 Å². The fraction of sp³-hybridized carbons (Fsp3) is 0.923. The molecular weight excluding hydrogens is 200 g/mol. The summed E-state index contributed by atoms with van der Waals surface area (Å²) in [4.78, 5) is 17.5. The molecule has 0 atom stereocenters. The lowest BCUT2D eigenvalue weighted by Gasteiger charge is -2.56. The molecule has 2 bridgehead atoms. The van der Waals surface area contributed by atoms with Crippen LogP contribution in [0.1, 0.15) is 26.7 Å². The topological polar surface area (TPSA) is 23.6 Å². The third-order valence-electron chi connectivity index (χ3n) is 4.61. The summed E-state index contributed by atoms with van der Waals surface area (Å²) in [6, 6.07) is 0. The lowest BCUT2D eigenvalue weighted by atomic mass is 9.60. The molecule has 0 radical (unpaired) electrons. The number of likely N-dealkylation sites (tertiary alicyclic amines) is 2. The summed E-state index contributed by atoms with van der Waals surface area (Å²) in [6.45, 7) is 8.08. The Morgan fingerprint density at radius 1 is 0.938 bits per heavy atom. The van der Waals surface area contributed by atoms with E-state index >= 15 is 0 Å². The van der Waals surface area contributed by atoms with Gasteiger partial charge in [-0.2, -0.15) is 0 Å². The smallest absolute Gasteiger partial charge is 0.150 e. The molecule has 0 aromatic heterocycles. The van der Waals surface area contributed by atoms with Crippen LogP contribution >= 0.6 is 0 Å². The summed E-state index contributed by atoms with van der Waals surface area (Å²) >= 11 is 0. The van der Waals surface area contributed by atoms with Crippen molar-refractivity contribution in [3.05, 3.63) is 0 Å². The molecule has 2 fully saturated rings. The van der Waals surface area contributed by atoms with Crippen LogP contribution in [-0.2, 0) is 4.79 Å². The van der Waals surface area contributed by atoms with Gasteiger partial charge in [-0.15, -0.1) is 0 Å². The normalized spacial score (nSPS) is 41.4. The molecule has 2 saturated heterocycles. The van der Waals surface area contributed by atoms with Crippen molar-refractivity contribution in [1.29, 1.82) is 0 Å². The highest BCUT2D eigenvalue weighted by Gasteiger charge is 2.56. The number of carbonyl (C=O) groups excluding carboxylic acids is 1. The Balaban J connectivity index is 2.41. The molecule has 0 spiro atoms. The van der Waals surface area contributed by atoms with E-state index < -0.39 is 0 Å². The molecule has 0 aromatic rings. The first-order valence-corrected chi connectivity index (χ1v) is 6.40. The number of rotatable bonds is 2. The van der Waals surface area contributed by atoms with E-state index in [1.165, 1.54) is 0 Å². The van der Waals surface area contributed by atoms with Crippen molar-refractivity contribution in [2.45, 2.75) is 26.7 Å². The van der Waals surface area contributed by atoms with Crippen molar-refractivity contribution in [3.8, 4) is 0 Å². The van der Waals surface area contributed by atoms with Crippen LogP contribution in [-0.4, -0.2) is 55.9 Å². The molecule has 0 N–H and O–H groups in total. The van der Waals surface area contributed by atoms with E-state index in [4.69, 9.17) is 0 Å². The number of carbonyl (C=O) groups is 1. The van der Waals surface area contributed by atoms with Crippen molar-refractivity contribution >= 4 is 5.78 Å². The van der Waals surface area contributed by atoms with Crippen molar-refractivity contribution in [1.82, 2.24) is 9.80 Å². The fourth-order valence-corrected chi connectivity index (χ4v) is 3.90. The van der Waals surface area contributed by atoms with E-state index in [2.05, 4.69) is 37.7 Å². The third-order valence-corrected chi connectivity index (χ3v) is 4.61. The number of Topliss-reactive ketones (excluding diaryl/α,β-unsaturated/α-hetero) is 1. The minimum absolute atomic E-state index is 0.101. The van der Waals surface area contributed by atoms with Crippen molar-refractivity contribution in [3.63, 3.8) is 0 Å². The van der Waals surface area contributed by atoms with Crippen LogP contribution in [0.4, 0.5) is 0 Å². The molecule has 3 nitrogen and oxygen atoms in total. The maximum absolute atomic E-state index is 12.8. The number of hydrogen-bond acceptors (Lipinski definition) is 3. The maximum atomic E-state index is 12.8. The molecule has 3 heteroatoms. The van der Waals surface area contributed by atoms with Crippen LogP contribution in [0, 0.1) is 10.8 Å². The predicted octanol–water partition coefficient (Wildman–Crippen LogP) is 1.24. The van der Waals surface area contributed by atoms with Crippen LogP contribution in [0.25, 0.3) is 0 Å². The quantitative estimate of drug-likeness (QED) is 0.705. The van der Waals surface area contributed by atoms with Gasteiger partial charge in [0, 0.05) is 26.2 Å². The Morgan fingerprint density at radius 2 is 1.25 bits per heavy atom. The zero-order valence-corrected chi connectivity index (χ0v) is 11.0. The Labute approximate surface area is 98.8 Å². The van der Waals surface area contributed by atoms with Crippen LogP contribution in [0.5, 0.6) is 0 Å². The van der Waals surface area contributed by atoms with E-state index in [0.29, 0.717) is 5.78 Å². The molecule has 2 heterocycles. The lowest BCUT2D eigenvalue weighted by molar-refractivity contribution is -0.159. The van der Waals surface area contributed by atoms with Crippen molar-refractivity contribution in [2.75, 3.05) is 40.3 Å². The maximum Gasteiger partial charge on any atom is 0.150 e. The minimum Gasteiger partial charge on any atom is -0.304 e. The summed E-state index contributed by atoms with van der Waals surface area (Å²) in [7, 11) is 4.32. The third kappa shape index (κ3) is 1.52. The first-order chi connectivity index (χ1) is 7.48. The van der Waals surface area contributed by atoms with Gasteiger partial charge >= 0.3 is 0 Å². The predicted molar refractivity (Wildman–Crippen MR) is 65.4 cm³/mol. The van der Waals surface area contributed by atoms with E-state index in [0.717, 1.165) is 39.0 Å². The summed E-state index contributed by atoms with van der Waals surface area (Å²) in [5.74, 6) is 0.543. The van der Waals surface area contributed by atoms with Crippen molar-refractivity contribution < 1.29 is 4.79 Å². The number of nitrogens with zero attached hydrogens (tertiary/aromatic N) is 2. The van der Waals surface area contributed by atoms with Gasteiger partial charge in [-0.05, 0) is 26.9 Å². The molecule has 0 aromatic carbocycles. The van der Waals surface area contributed by atoms with Gasteiger partial charge < -0.3 is 9.80 Å². The second kappa shape index (κ2) is 3.81. The van der Waals surface area contributed by atoms with Gasteiger partial charge in [0.1, 0.15) is 5.78 Å². The summed E-state index contributed by atoms with van der Waals surface area (Å²) in [5.41, 5.74) is -0.202. The van der Waals surface area contributed by atoms with E-state index in [-0.39, 0.29) is 10.8 Å². The molecular formula is C13H24N2O. The van der Waals surface area contributed by atoms with Gasteiger partial charge in [-0.25, -0.2) is 0 Å². The summed E-state index contributed by atoms with van der Waals surface area (Å²) in [5, 5.41) is 0. The molecule has 2 rings (SSSR count). The average molecular weight is 224 g/mol. The van der Waals surface area contributed by atoms with Gasteiger partial charge in [0.2, 0.25) is 0 Å². The molecule has 2 aliphatic heterocycles. The summed E-state index contributed by atoms with van der Waals surface area (Å²) in [6.07, 6.45) is 1.95. The van der Waals surface area contributed by atoms with Gasteiger partial charge in [0.15, 0.2) is 0 Å². The van der Waals surface area contributed by atoms with Crippen LogP contribution in [0.15, 0.2) is 0 Å². The zero-order chi connectivity index (χ0) is 12.0. The first-order valence-electron chi connectivity index (χ1n) is 6.40. The highest BCUT2D eigenvalue weighted by molar-refractivity contribution is 5.93. The molecule has 2 aliphatic rings. The van der Waals surface area contributed by atoms with E-state index in [1.54, 1.807) is 0 Å².